The van der Waals surface area contributed by atoms with E-state index in [9.17, 15) is 9.59 Å². The van der Waals surface area contributed by atoms with Crippen LogP contribution in [0.5, 0.6) is 0 Å². The van der Waals surface area contributed by atoms with E-state index in [-0.39, 0.29) is 18.1 Å². The molecule has 3 heterocycles. The van der Waals surface area contributed by atoms with Crippen molar-refractivity contribution in [2.24, 2.45) is 0 Å². The minimum atomic E-state index is -0.525. The summed E-state index contributed by atoms with van der Waals surface area (Å²) in [5.74, 6) is -0.854. The van der Waals surface area contributed by atoms with Crippen LogP contribution in [0.25, 0.3) is 15.9 Å². The molecule has 3 rings (SSSR count). The van der Waals surface area contributed by atoms with E-state index in [0.717, 1.165) is 27.2 Å². The Hall–Kier alpha value is -2.67. The number of esters is 1. The van der Waals surface area contributed by atoms with E-state index in [1.807, 2.05) is 69.8 Å². The number of nitrogens with one attached hydrogen (secondary N) is 1. The van der Waals surface area contributed by atoms with Gasteiger partial charge in [-0.15, -0.1) is 11.3 Å². The van der Waals surface area contributed by atoms with Gasteiger partial charge in [-0.1, -0.05) is 0 Å². The summed E-state index contributed by atoms with van der Waals surface area (Å²) in [6.07, 6.45) is 3.76. The number of carbonyl (C=O) groups excluding carboxylic acids is 2. The van der Waals surface area contributed by atoms with E-state index in [2.05, 4.69) is 10.3 Å². The number of aryl methyl sites for hydroxylation is 2. The maximum Gasteiger partial charge on any atom is 0.351 e. The van der Waals surface area contributed by atoms with Crippen LogP contribution in [0, 0.1) is 13.8 Å². The molecule has 7 heteroatoms. The average molecular weight is 385 g/mol. The van der Waals surface area contributed by atoms with Gasteiger partial charge in [0.15, 0.2) is 6.61 Å². The van der Waals surface area contributed by atoms with Crippen molar-refractivity contribution < 1.29 is 14.3 Å². The Morgan fingerprint density at radius 3 is 2.52 bits per heavy atom. The first-order valence-corrected chi connectivity index (χ1v) is 9.49. The molecule has 27 heavy (non-hydrogen) atoms. The number of hydrogen-bond donors (Lipinski definition) is 1. The number of ether oxygens (including phenoxy) is 1. The van der Waals surface area contributed by atoms with Gasteiger partial charge in [0.05, 0.1) is 5.69 Å². The molecule has 3 aromatic heterocycles. The van der Waals surface area contributed by atoms with Crippen LogP contribution in [0.1, 0.15) is 41.7 Å². The number of pyridine rings is 1. The number of carbonyl (C=O) groups is 2. The topological polar surface area (TPSA) is 73.2 Å². The summed E-state index contributed by atoms with van der Waals surface area (Å²) in [4.78, 5) is 30.5. The van der Waals surface area contributed by atoms with Crippen LogP contribution in [-0.2, 0) is 9.53 Å². The van der Waals surface area contributed by atoms with Gasteiger partial charge < -0.3 is 14.6 Å². The Labute approximate surface area is 162 Å². The first-order chi connectivity index (χ1) is 12.7. The third-order valence-corrected chi connectivity index (χ3v) is 4.91. The molecule has 0 fully saturated rings. The highest BCUT2D eigenvalue weighted by atomic mass is 32.1. The third-order valence-electron chi connectivity index (χ3n) is 3.86. The number of nitrogens with zero attached hydrogens (tertiary/aromatic N) is 2. The van der Waals surface area contributed by atoms with Crippen molar-refractivity contribution in [3.05, 3.63) is 46.7 Å². The van der Waals surface area contributed by atoms with E-state index in [4.69, 9.17) is 4.74 Å². The van der Waals surface area contributed by atoms with Crippen LogP contribution in [0.2, 0.25) is 0 Å². The van der Waals surface area contributed by atoms with E-state index in [0.29, 0.717) is 4.88 Å². The van der Waals surface area contributed by atoms with Crippen molar-refractivity contribution in [2.75, 3.05) is 6.61 Å². The first kappa shape index (κ1) is 19.1. The van der Waals surface area contributed by atoms with Gasteiger partial charge in [-0.2, -0.15) is 0 Å². The summed E-state index contributed by atoms with van der Waals surface area (Å²) in [7, 11) is 0. The average Bonchev–Trinajstić information content (AvgIpc) is 3.17. The molecule has 0 radical (unpaired) electrons. The molecule has 0 aliphatic heterocycles. The lowest BCUT2D eigenvalue weighted by Crippen LogP contribution is -2.42. The molecular formula is C20H23N3O3S. The van der Waals surface area contributed by atoms with Crippen LogP contribution in [-0.4, -0.2) is 33.6 Å². The van der Waals surface area contributed by atoms with Crippen LogP contribution in [0.15, 0.2) is 30.6 Å². The van der Waals surface area contributed by atoms with Crippen LogP contribution in [0.4, 0.5) is 0 Å². The number of fused-ring (bicyclic) bond motifs is 1. The van der Waals surface area contributed by atoms with Crippen molar-refractivity contribution in [3.8, 4) is 5.69 Å². The molecule has 3 aromatic rings. The maximum absolute atomic E-state index is 12.8. The van der Waals surface area contributed by atoms with Crippen molar-refractivity contribution in [1.82, 2.24) is 14.9 Å². The lowest BCUT2D eigenvalue weighted by molar-refractivity contribution is -0.125. The summed E-state index contributed by atoms with van der Waals surface area (Å²) in [5, 5.41) is 3.70. The minimum Gasteiger partial charge on any atom is -0.451 e. The third kappa shape index (κ3) is 4.19. The highest BCUT2D eigenvalue weighted by molar-refractivity contribution is 7.21. The Morgan fingerprint density at radius 2 is 1.89 bits per heavy atom. The Morgan fingerprint density at radius 1 is 1.22 bits per heavy atom. The molecule has 1 amide bonds. The summed E-state index contributed by atoms with van der Waals surface area (Å²) in [5.41, 5.74) is 2.30. The predicted octanol–water partition coefficient (Wildman–Crippen LogP) is 3.78. The van der Waals surface area contributed by atoms with E-state index in [1.165, 1.54) is 11.3 Å². The Bertz CT molecular complexity index is 998. The minimum absolute atomic E-state index is 0.319. The second-order valence-corrected chi connectivity index (χ2v) is 8.50. The van der Waals surface area contributed by atoms with Crippen molar-refractivity contribution in [1.29, 1.82) is 0 Å². The molecule has 0 atom stereocenters. The highest BCUT2D eigenvalue weighted by Gasteiger charge is 2.24. The molecule has 0 saturated carbocycles. The number of rotatable bonds is 4. The number of amides is 1. The van der Waals surface area contributed by atoms with Gasteiger partial charge >= 0.3 is 5.97 Å². The number of thiophene rings is 1. The van der Waals surface area contributed by atoms with Gasteiger partial charge in [-0.05, 0) is 58.4 Å². The fourth-order valence-corrected chi connectivity index (χ4v) is 4.13. The lowest BCUT2D eigenvalue weighted by atomic mass is 10.1. The molecule has 0 aliphatic carbocycles. The number of aromatic nitrogens is 2. The molecule has 0 saturated heterocycles. The SMILES string of the molecule is Cc1cc(C)c2c(-n3cccc3)c(C(=O)OCC(=O)NC(C)(C)C)sc2n1. The van der Waals surface area contributed by atoms with Crippen LogP contribution >= 0.6 is 11.3 Å². The molecule has 0 unspecified atom stereocenters. The summed E-state index contributed by atoms with van der Waals surface area (Å²) in [6.45, 7) is 9.23. The summed E-state index contributed by atoms with van der Waals surface area (Å²) in [6, 6.07) is 5.78. The molecule has 0 aromatic carbocycles. The van der Waals surface area contributed by atoms with E-state index >= 15 is 0 Å². The van der Waals surface area contributed by atoms with Crippen LogP contribution < -0.4 is 5.32 Å². The Balaban J connectivity index is 1.96. The van der Waals surface area contributed by atoms with Crippen LogP contribution in [0.3, 0.4) is 0 Å². The zero-order valence-electron chi connectivity index (χ0n) is 16.1. The molecule has 6 nitrogen and oxygen atoms in total. The summed E-state index contributed by atoms with van der Waals surface area (Å²) < 4.78 is 7.18. The second kappa shape index (κ2) is 7.15. The summed E-state index contributed by atoms with van der Waals surface area (Å²) >= 11 is 1.29. The van der Waals surface area contributed by atoms with Gasteiger partial charge in [0, 0.05) is 29.0 Å². The molecular weight excluding hydrogens is 362 g/mol. The second-order valence-electron chi connectivity index (χ2n) is 7.51. The smallest absolute Gasteiger partial charge is 0.351 e. The standard InChI is InChI=1S/C20H23N3O3S/c1-12-10-13(2)21-18-15(12)16(23-8-6-7-9-23)17(27-18)19(25)26-11-14(24)22-20(3,4)5/h6-10H,11H2,1-5H3,(H,22,24). The molecule has 0 spiro atoms. The van der Waals surface area contributed by atoms with Crippen molar-refractivity contribution >= 4 is 33.4 Å². The monoisotopic (exact) mass is 385 g/mol. The number of hydrogen-bond acceptors (Lipinski definition) is 5. The highest BCUT2D eigenvalue weighted by Crippen LogP contribution is 2.36. The fraction of sp³-hybridized carbons (Fsp3) is 0.350. The quantitative estimate of drug-likeness (QED) is 0.694. The molecule has 0 aliphatic rings. The van der Waals surface area contributed by atoms with E-state index in [1.54, 1.807) is 0 Å². The van der Waals surface area contributed by atoms with Gasteiger partial charge in [0.1, 0.15) is 9.71 Å². The van der Waals surface area contributed by atoms with E-state index < -0.39 is 5.97 Å². The normalized spacial score (nSPS) is 11.6. The van der Waals surface area contributed by atoms with Crippen molar-refractivity contribution in [3.63, 3.8) is 0 Å². The first-order valence-electron chi connectivity index (χ1n) is 8.68. The Kier molecular flexibility index (Phi) is 5.06. The largest absolute Gasteiger partial charge is 0.451 e. The molecule has 142 valence electrons. The van der Waals surface area contributed by atoms with Gasteiger partial charge in [0.2, 0.25) is 0 Å². The fourth-order valence-electron chi connectivity index (χ4n) is 2.94. The molecule has 0 bridgehead atoms. The van der Waals surface area contributed by atoms with Gasteiger partial charge in [-0.3, -0.25) is 4.79 Å². The van der Waals surface area contributed by atoms with Gasteiger partial charge in [-0.25, -0.2) is 9.78 Å². The maximum atomic E-state index is 12.8. The lowest BCUT2D eigenvalue weighted by Gasteiger charge is -2.20. The van der Waals surface area contributed by atoms with Gasteiger partial charge in [0.25, 0.3) is 5.91 Å². The van der Waals surface area contributed by atoms with Crippen molar-refractivity contribution in [2.45, 2.75) is 40.2 Å². The predicted molar refractivity (Wildman–Crippen MR) is 107 cm³/mol. The molecule has 1 N–H and O–H groups in total. The zero-order valence-corrected chi connectivity index (χ0v) is 16.9. The zero-order chi connectivity index (χ0) is 19.8.